The number of rotatable bonds is 5. The van der Waals surface area contributed by atoms with Crippen LogP contribution in [0.1, 0.15) is 41.6 Å². The highest BCUT2D eigenvalue weighted by Gasteiger charge is 2.37. The smallest absolute Gasteiger partial charge is 0.255 e. The summed E-state index contributed by atoms with van der Waals surface area (Å²) in [6.07, 6.45) is 4.54. The van der Waals surface area contributed by atoms with Crippen molar-refractivity contribution >= 4 is 29.1 Å². The van der Waals surface area contributed by atoms with E-state index in [4.69, 9.17) is 11.6 Å². The standard InChI is InChI=1S/C25H30ClN3O2/c1-18-7-6-10-20(17-18)27-24(30)23(19-8-2-3-9-19)28-13-15-29(16-14-28)25(31)21-11-4-5-12-22(21)26/h4-7,10-12,17,19,23H,2-3,8-9,13-16H2,1H3,(H,27,30). The average Bonchev–Trinajstić information content (AvgIpc) is 3.28. The van der Waals surface area contributed by atoms with Crippen molar-refractivity contribution in [3.05, 3.63) is 64.7 Å². The zero-order chi connectivity index (χ0) is 21.8. The Bertz CT molecular complexity index is 934. The summed E-state index contributed by atoms with van der Waals surface area (Å²) in [5.41, 5.74) is 2.52. The molecule has 1 N–H and O–H groups in total. The molecule has 2 aliphatic rings. The van der Waals surface area contributed by atoms with Crippen LogP contribution in [0, 0.1) is 12.8 Å². The number of aryl methyl sites for hydroxylation is 1. The summed E-state index contributed by atoms with van der Waals surface area (Å²) >= 11 is 6.22. The Morgan fingerprint density at radius 2 is 1.71 bits per heavy atom. The summed E-state index contributed by atoms with van der Waals surface area (Å²) in [6.45, 7) is 4.62. The van der Waals surface area contributed by atoms with Crippen LogP contribution < -0.4 is 5.32 Å². The van der Waals surface area contributed by atoms with Crippen LogP contribution >= 0.6 is 11.6 Å². The number of nitrogens with zero attached hydrogens (tertiary/aromatic N) is 2. The highest BCUT2D eigenvalue weighted by Crippen LogP contribution is 2.32. The monoisotopic (exact) mass is 439 g/mol. The van der Waals surface area contributed by atoms with Crippen molar-refractivity contribution in [3.63, 3.8) is 0 Å². The van der Waals surface area contributed by atoms with Gasteiger partial charge in [0.25, 0.3) is 5.91 Å². The number of piperazine rings is 1. The van der Waals surface area contributed by atoms with Gasteiger partial charge < -0.3 is 10.2 Å². The molecule has 4 rings (SSSR count). The van der Waals surface area contributed by atoms with Gasteiger partial charge in [0, 0.05) is 31.9 Å². The highest BCUT2D eigenvalue weighted by molar-refractivity contribution is 6.33. The molecule has 0 aromatic heterocycles. The van der Waals surface area contributed by atoms with Gasteiger partial charge in [-0.15, -0.1) is 0 Å². The van der Waals surface area contributed by atoms with Gasteiger partial charge in [-0.2, -0.15) is 0 Å². The first-order valence-corrected chi connectivity index (χ1v) is 11.6. The van der Waals surface area contributed by atoms with Crippen molar-refractivity contribution in [3.8, 4) is 0 Å². The van der Waals surface area contributed by atoms with E-state index in [9.17, 15) is 9.59 Å². The van der Waals surface area contributed by atoms with E-state index in [1.54, 1.807) is 12.1 Å². The number of anilines is 1. The maximum absolute atomic E-state index is 13.3. The molecule has 2 fully saturated rings. The molecule has 1 heterocycles. The lowest BCUT2D eigenvalue weighted by Crippen LogP contribution is -2.57. The second kappa shape index (κ2) is 9.84. The molecule has 0 spiro atoms. The quantitative estimate of drug-likeness (QED) is 0.740. The lowest BCUT2D eigenvalue weighted by Gasteiger charge is -2.40. The van der Waals surface area contributed by atoms with E-state index in [0.29, 0.717) is 42.7 Å². The first kappa shape index (κ1) is 21.8. The largest absolute Gasteiger partial charge is 0.336 e. The Morgan fingerprint density at radius 1 is 1.00 bits per heavy atom. The number of carbonyl (C=O) groups excluding carboxylic acids is 2. The minimum Gasteiger partial charge on any atom is -0.336 e. The second-order valence-corrected chi connectivity index (χ2v) is 9.06. The molecular weight excluding hydrogens is 410 g/mol. The van der Waals surface area contributed by atoms with Crippen LogP contribution in [0.25, 0.3) is 0 Å². The van der Waals surface area contributed by atoms with E-state index in [0.717, 1.165) is 24.1 Å². The van der Waals surface area contributed by atoms with Gasteiger partial charge in [-0.25, -0.2) is 0 Å². The van der Waals surface area contributed by atoms with Crippen LogP contribution in [0.2, 0.25) is 5.02 Å². The first-order chi connectivity index (χ1) is 15.0. The second-order valence-electron chi connectivity index (χ2n) is 8.66. The number of carbonyl (C=O) groups is 2. The van der Waals surface area contributed by atoms with Gasteiger partial charge in [-0.3, -0.25) is 14.5 Å². The number of hydrogen-bond acceptors (Lipinski definition) is 3. The molecule has 1 aliphatic heterocycles. The van der Waals surface area contributed by atoms with Crippen molar-refractivity contribution in [2.75, 3.05) is 31.5 Å². The van der Waals surface area contributed by atoms with E-state index in [2.05, 4.69) is 10.2 Å². The van der Waals surface area contributed by atoms with Gasteiger partial charge in [0.05, 0.1) is 16.6 Å². The van der Waals surface area contributed by atoms with Crippen molar-refractivity contribution in [2.24, 2.45) is 5.92 Å². The molecule has 1 atom stereocenters. The van der Waals surface area contributed by atoms with Crippen LogP contribution in [0.15, 0.2) is 48.5 Å². The predicted molar refractivity (Wildman–Crippen MR) is 124 cm³/mol. The van der Waals surface area contributed by atoms with Crippen LogP contribution in [0.3, 0.4) is 0 Å². The third kappa shape index (κ3) is 5.10. The SMILES string of the molecule is Cc1cccc(NC(=O)C(C2CCCC2)N2CCN(C(=O)c3ccccc3Cl)CC2)c1. The lowest BCUT2D eigenvalue weighted by atomic mass is 9.94. The van der Waals surface area contributed by atoms with Crippen LogP contribution in [-0.4, -0.2) is 53.8 Å². The number of halogens is 1. The molecule has 0 bridgehead atoms. The summed E-state index contributed by atoms with van der Waals surface area (Å²) < 4.78 is 0. The Kier molecular flexibility index (Phi) is 6.93. The predicted octanol–water partition coefficient (Wildman–Crippen LogP) is 4.60. The van der Waals surface area contributed by atoms with E-state index in [1.165, 1.54) is 12.8 Å². The topological polar surface area (TPSA) is 52.7 Å². The Labute approximate surface area is 189 Å². The average molecular weight is 440 g/mol. The van der Waals surface area contributed by atoms with Gasteiger partial charge >= 0.3 is 0 Å². The van der Waals surface area contributed by atoms with Crippen molar-refractivity contribution in [2.45, 2.75) is 38.6 Å². The highest BCUT2D eigenvalue weighted by atomic mass is 35.5. The summed E-state index contributed by atoms with van der Waals surface area (Å²) in [7, 11) is 0. The van der Waals surface area contributed by atoms with Crippen molar-refractivity contribution in [1.82, 2.24) is 9.80 Å². The Balaban J connectivity index is 1.44. The number of amides is 2. The molecule has 0 radical (unpaired) electrons. The van der Waals surface area contributed by atoms with Gasteiger partial charge in [-0.1, -0.05) is 48.7 Å². The van der Waals surface area contributed by atoms with Crippen LogP contribution in [0.5, 0.6) is 0 Å². The van der Waals surface area contributed by atoms with E-state index < -0.39 is 0 Å². The van der Waals surface area contributed by atoms with Gasteiger partial charge in [0.15, 0.2) is 0 Å². The number of nitrogens with one attached hydrogen (secondary N) is 1. The zero-order valence-corrected chi connectivity index (χ0v) is 18.8. The Hall–Kier alpha value is -2.37. The van der Waals surface area contributed by atoms with E-state index >= 15 is 0 Å². The van der Waals surface area contributed by atoms with Crippen molar-refractivity contribution < 1.29 is 9.59 Å². The third-order valence-corrected chi connectivity index (χ3v) is 6.83. The summed E-state index contributed by atoms with van der Waals surface area (Å²) in [4.78, 5) is 30.4. The molecule has 2 aromatic rings. The van der Waals surface area contributed by atoms with E-state index in [1.807, 2.05) is 48.2 Å². The number of hydrogen-bond donors (Lipinski definition) is 1. The van der Waals surface area contributed by atoms with Crippen LogP contribution in [0.4, 0.5) is 5.69 Å². The third-order valence-electron chi connectivity index (χ3n) is 6.50. The Morgan fingerprint density at radius 3 is 2.39 bits per heavy atom. The molecule has 164 valence electrons. The molecule has 2 amide bonds. The molecule has 1 aliphatic carbocycles. The molecule has 5 nitrogen and oxygen atoms in total. The molecule has 1 saturated heterocycles. The molecule has 2 aromatic carbocycles. The van der Waals surface area contributed by atoms with Crippen LogP contribution in [-0.2, 0) is 4.79 Å². The maximum atomic E-state index is 13.3. The summed E-state index contributed by atoms with van der Waals surface area (Å²) in [5, 5.41) is 3.63. The fourth-order valence-corrected chi connectivity index (χ4v) is 5.11. The zero-order valence-electron chi connectivity index (χ0n) is 18.0. The fourth-order valence-electron chi connectivity index (χ4n) is 4.90. The lowest BCUT2D eigenvalue weighted by molar-refractivity contribution is -0.123. The van der Waals surface area contributed by atoms with E-state index in [-0.39, 0.29) is 17.9 Å². The van der Waals surface area contributed by atoms with Gasteiger partial charge in [0.2, 0.25) is 5.91 Å². The molecule has 31 heavy (non-hydrogen) atoms. The van der Waals surface area contributed by atoms with Gasteiger partial charge in [-0.05, 0) is 55.5 Å². The molecular formula is C25H30ClN3O2. The fraction of sp³-hybridized carbons (Fsp3) is 0.440. The molecule has 6 heteroatoms. The normalized spacial score (nSPS) is 18.7. The minimum atomic E-state index is -0.152. The van der Waals surface area contributed by atoms with Gasteiger partial charge in [0.1, 0.15) is 0 Å². The van der Waals surface area contributed by atoms with Crippen molar-refractivity contribution in [1.29, 1.82) is 0 Å². The summed E-state index contributed by atoms with van der Waals surface area (Å²) in [6, 6.07) is 15.0. The molecule has 1 saturated carbocycles. The molecule has 1 unspecified atom stereocenters. The number of benzene rings is 2. The maximum Gasteiger partial charge on any atom is 0.255 e. The first-order valence-electron chi connectivity index (χ1n) is 11.2. The minimum absolute atomic E-state index is 0.0353. The summed E-state index contributed by atoms with van der Waals surface area (Å²) in [5.74, 6) is 0.408.